The van der Waals surface area contributed by atoms with Gasteiger partial charge in [-0.25, -0.2) is 4.98 Å². The van der Waals surface area contributed by atoms with Gasteiger partial charge in [0.2, 0.25) is 5.95 Å². The number of nitrogens with zero attached hydrogens (tertiary/aromatic N) is 3. The molecule has 29 heavy (non-hydrogen) atoms. The number of hydrogen-bond acceptors (Lipinski definition) is 7. The predicted octanol–water partition coefficient (Wildman–Crippen LogP) is 2.05. The van der Waals surface area contributed by atoms with Crippen LogP contribution in [0.3, 0.4) is 0 Å². The smallest absolute Gasteiger partial charge is 0.254 e. The molecule has 8 heteroatoms. The summed E-state index contributed by atoms with van der Waals surface area (Å²) >= 11 is 0. The molecule has 2 aromatic rings. The van der Waals surface area contributed by atoms with Crippen LogP contribution < -0.4 is 16.4 Å². The van der Waals surface area contributed by atoms with Crippen molar-refractivity contribution in [3.8, 4) is 0 Å². The number of nitrogens with two attached hydrogens (primary N) is 1. The minimum absolute atomic E-state index is 0.0345. The van der Waals surface area contributed by atoms with E-state index in [9.17, 15) is 9.90 Å². The average Bonchev–Trinajstić information content (AvgIpc) is 2.67. The Morgan fingerprint density at radius 1 is 1.28 bits per heavy atom. The molecule has 0 aromatic carbocycles. The molecular formula is C21H28N6O2. The van der Waals surface area contributed by atoms with Gasteiger partial charge in [-0.3, -0.25) is 9.78 Å². The highest BCUT2D eigenvalue weighted by molar-refractivity contribution is 5.97. The van der Waals surface area contributed by atoms with E-state index in [1.807, 2.05) is 19.2 Å². The topological polar surface area (TPSA) is 126 Å². The summed E-state index contributed by atoms with van der Waals surface area (Å²) in [7, 11) is 0. The summed E-state index contributed by atoms with van der Waals surface area (Å²) in [5.74, 6) is 0.326. The molecule has 0 bridgehead atoms. The molecule has 1 saturated carbocycles. The zero-order valence-corrected chi connectivity index (χ0v) is 16.7. The van der Waals surface area contributed by atoms with Crippen LogP contribution >= 0.6 is 0 Å². The fraction of sp³-hybridized carbons (Fsp3) is 0.524. The van der Waals surface area contributed by atoms with E-state index in [4.69, 9.17) is 5.73 Å². The van der Waals surface area contributed by atoms with Crippen molar-refractivity contribution in [3.05, 3.63) is 41.3 Å². The summed E-state index contributed by atoms with van der Waals surface area (Å²) in [6, 6.07) is 4.30. The number of rotatable bonds is 5. The summed E-state index contributed by atoms with van der Waals surface area (Å²) in [6.07, 6.45) is 9.23. The number of carbonyl (C=O) groups excluding carboxylic acids is 1. The van der Waals surface area contributed by atoms with Crippen LogP contribution in [0.15, 0.2) is 24.5 Å². The lowest BCUT2D eigenvalue weighted by atomic mass is 9.83. The number of aryl methyl sites for hydroxylation is 1. The first-order chi connectivity index (χ1) is 13.9. The van der Waals surface area contributed by atoms with E-state index in [1.165, 1.54) is 11.8 Å². The highest BCUT2D eigenvalue weighted by atomic mass is 16.3. The largest absolute Gasteiger partial charge is 0.390 e. The molecule has 0 spiro atoms. The van der Waals surface area contributed by atoms with E-state index >= 15 is 0 Å². The third-order valence-corrected chi connectivity index (χ3v) is 5.86. The van der Waals surface area contributed by atoms with E-state index < -0.39 is 11.5 Å². The van der Waals surface area contributed by atoms with Crippen LogP contribution in [0.5, 0.6) is 0 Å². The molecule has 1 fully saturated rings. The second kappa shape index (κ2) is 7.94. The van der Waals surface area contributed by atoms with Gasteiger partial charge in [0.05, 0.1) is 11.2 Å². The lowest BCUT2D eigenvalue weighted by molar-refractivity contribution is 0.0182. The maximum Gasteiger partial charge on any atom is 0.254 e. The molecular weight excluding hydrogens is 368 g/mol. The Hall–Kier alpha value is -2.74. The van der Waals surface area contributed by atoms with Gasteiger partial charge < -0.3 is 21.5 Å². The SMILES string of the molecule is C[C@]1(O)CCCC(Nc2nc(N[C@H]3CCc4ncccc4C3)ncc2C(N)=O)C1. The second-order valence-corrected chi connectivity index (χ2v) is 8.45. The van der Waals surface area contributed by atoms with Crippen molar-refractivity contribution in [2.45, 2.75) is 69.6 Å². The van der Waals surface area contributed by atoms with Crippen LogP contribution in [0.25, 0.3) is 0 Å². The monoisotopic (exact) mass is 396 g/mol. The first kappa shape index (κ1) is 19.6. The molecule has 0 saturated heterocycles. The van der Waals surface area contributed by atoms with E-state index in [1.54, 1.807) is 0 Å². The van der Waals surface area contributed by atoms with Crippen LogP contribution in [-0.2, 0) is 12.8 Å². The maximum absolute atomic E-state index is 11.9. The molecule has 1 unspecified atom stereocenters. The molecule has 0 radical (unpaired) electrons. The Labute approximate surface area is 170 Å². The van der Waals surface area contributed by atoms with Crippen molar-refractivity contribution in [2.75, 3.05) is 10.6 Å². The summed E-state index contributed by atoms with van der Waals surface area (Å²) < 4.78 is 0. The zero-order valence-electron chi connectivity index (χ0n) is 16.7. The molecule has 2 aromatic heterocycles. The van der Waals surface area contributed by atoms with Crippen LogP contribution in [-0.4, -0.2) is 43.7 Å². The number of pyridine rings is 1. The summed E-state index contributed by atoms with van der Waals surface area (Å²) in [6.45, 7) is 1.85. The lowest BCUT2D eigenvalue weighted by Crippen LogP contribution is -2.38. The van der Waals surface area contributed by atoms with Crippen LogP contribution in [0.2, 0.25) is 0 Å². The molecule has 1 amide bonds. The van der Waals surface area contributed by atoms with Gasteiger partial charge in [0, 0.05) is 30.2 Å². The molecule has 8 nitrogen and oxygen atoms in total. The molecule has 2 heterocycles. The van der Waals surface area contributed by atoms with Gasteiger partial charge in [0.25, 0.3) is 5.91 Å². The van der Waals surface area contributed by atoms with Gasteiger partial charge in [-0.15, -0.1) is 0 Å². The van der Waals surface area contributed by atoms with Crippen molar-refractivity contribution in [2.24, 2.45) is 5.73 Å². The highest BCUT2D eigenvalue weighted by Gasteiger charge is 2.31. The fourth-order valence-corrected chi connectivity index (χ4v) is 4.39. The second-order valence-electron chi connectivity index (χ2n) is 8.45. The predicted molar refractivity (Wildman–Crippen MR) is 111 cm³/mol. The molecule has 4 rings (SSSR count). The fourth-order valence-electron chi connectivity index (χ4n) is 4.39. The van der Waals surface area contributed by atoms with Gasteiger partial charge in [0.15, 0.2) is 0 Å². The highest BCUT2D eigenvalue weighted by Crippen LogP contribution is 2.30. The summed E-state index contributed by atoms with van der Waals surface area (Å²) in [5, 5.41) is 17.1. The summed E-state index contributed by atoms with van der Waals surface area (Å²) in [4.78, 5) is 25.2. The standard InChI is InChI=1S/C21H28N6O2/c1-21(29)8-2-5-15(11-21)25-19-16(18(22)28)12-24-20(27-19)26-14-6-7-17-13(10-14)4-3-9-23-17/h3-4,9,12,14-15,29H,2,5-8,10-11H2,1H3,(H2,22,28)(H2,24,25,26,27)/t14-,15?,21-/m0/s1. The van der Waals surface area contributed by atoms with E-state index in [2.05, 4.69) is 31.7 Å². The number of hydrogen-bond donors (Lipinski definition) is 4. The number of aromatic nitrogens is 3. The number of primary amides is 1. The van der Waals surface area contributed by atoms with Gasteiger partial charge >= 0.3 is 0 Å². The summed E-state index contributed by atoms with van der Waals surface area (Å²) in [5.41, 5.74) is 7.48. The Kier molecular flexibility index (Phi) is 5.36. The third kappa shape index (κ3) is 4.64. The van der Waals surface area contributed by atoms with Gasteiger partial charge in [0.1, 0.15) is 5.82 Å². The molecule has 2 aliphatic rings. The Morgan fingerprint density at radius 2 is 2.14 bits per heavy atom. The number of nitrogens with one attached hydrogen (secondary N) is 2. The minimum atomic E-state index is -0.708. The zero-order chi connectivity index (χ0) is 20.4. The van der Waals surface area contributed by atoms with E-state index in [0.717, 1.165) is 44.2 Å². The van der Waals surface area contributed by atoms with E-state index in [0.29, 0.717) is 18.2 Å². The Balaban J connectivity index is 1.50. The van der Waals surface area contributed by atoms with Crippen molar-refractivity contribution < 1.29 is 9.90 Å². The number of aliphatic hydroxyl groups is 1. The number of amides is 1. The molecule has 5 N–H and O–H groups in total. The Morgan fingerprint density at radius 3 is 2.93 bits per heavy atom. The van der Waals surface area contributed by atoms with Crippen LogP contribution in [0, 0.1) is 0 Å². The number of fused-ring (bicyclic) bond motifs is 1. The molecule has 3 atom stereocenters. The number of carbonyl (C=O) groups is 1. The van der Waals surface area contributed by atoms with E-state index in [-0.39, 0.29) is 17.6 Å². The van der Waals surface area contributed by atoms with Crippen molar-refractivity contribution in [1.82, 2.24) is 15.0 Å². The maximum atomic E-state index is 11.9. The minimum Gasteiger partial charge on any atom is -0.390 e. The van der Waals surface area contributed by atoms with Crippen molar-refractivity contribution in [3.63, 3.8) is 0 Å². The lowest BCUT2D eigenvalue weighted by Gasteiger charge is -2.34. The van der Waals surface area contributed by atoms with Gasteiger partial charge in [-0.1, -0.05) is 6.07 Å². The van der Waals surface area contributed by atoms with Crippen molar-refractivity contribution >= 4 is 17.7 Å². The molecule has 2 aliphatic carbocycles. The van der Waals surface area contributed by atoms with Crippen LogP contribution in [0.4, 0.5) is 11.8 Å². The Bertz CT molecular complexity index is 900. The molecule has 0 aliphatic heterocycles. The first-order valence-corrected chi connectivity index (χ1v) is 10.2. The van der Waals surface area contributed by atoms with Gasteiger partial charge in [-0.05, 0) is 63.5 Å². The van der Waals surface area contributed by atoms with Gasteiger partial charge in [-0.2, -0.15) is 4.98 Å². The normalized spacial score (nSPS) is 26.4. The van der Waals surface area contributed by atoms with Crippen molar-refractivity contribution in [1.29, 1.82) is 0 Å². The average molecular weight is 396 g/mol. The third-order valence-electron chi connectivity index (χ3n) is 5.86. The first-order valence-electron chi connectivity index (χ1n) is 10.2. The van der Waals surface area contributed by atoms with Crippen LogP contribution in [0.1, 0.15) is 60.6 Å². The molecule has 154 valence electrons. The quantitative estimate of drug-likeness (QED) is 0.609. The number of anilines is 2.